The Morgan fingerprint density at radius 1 is 0.929 bits per heavy atom. The van der Waals surface area contributed by atoms with E-state index in [1.165, 1.54) is 5.57 Å². The van der Waals surface area contributed by atoms with E-state index in [-0.39, 0.29) is 23.8 Å². The molecule has 8 nitrogen and oxygen atoms in total. The Hall–Kier alpha value is -3.62. The van der Waals surface area contributed by atoms with Gasteiger partial charge in [0, 0.05) is 42.7 Å². The molecule has 5 rings (SSSR count). The Morgan fingerprint density at radius 2 is 1.52 bits per heavy atom. The van der Waals surface area contributed by atoms with E-state index in [2.05, 4.69) is 49.1 Å². The van der Waals surface area contributed by atoms with Gasteiger partial charge in [0.1, 0.15) is 35.0 Å². The molecular formula is C34H43N3O5. The number of ether oxygens (including phenoxy) is 2. The highest BCUT2D eigenvalue weighted by Gasteiger charge is 2.22. The number of hydrogen-bond donors (Lipinski definition) is 1. The molecule has 1 amide bonds. The summed E-state index contributed by atoms with van der Waals surface area (Å²) in [6.07, 6.45) is 6.97. The lowest BCUT2D eigenvalue weighted by Gasteiger charge is -2.30. The van der Waals surface area contributed by atoms with Crippen LogP contribution in [-0.2, 0) is 6.42 Å². The first-order valence-corrected chi connectivity index (χ1v) is 15.0. The van der Waals surface area contributed by atoms with Crippen LogP contribution < -0.4 is 20.4 Å². The maximum atomic E-state index is 13.3. The fraction of sp³-hybridized carbons (Fsp3) is 0.471. The number of aryl methyl sites for hydroxylation is 1. The number of hydrogen-bond acceptors (Lipinski definition) is 7. The molecule has 2 fully saturated rings. The highest BCUT2D eigenvalue weighted by Crippen LogP contribution is 2.30. The third kappa shape index (κ3) is 7.23. The normalized spacial score (nSPS) is 17.3. The minimum Gasteiger partial charge on any atom is -0.490 e. The molecule has 0 spiro atoms. The molecule has 0 atom stereocenters. The first-order valence-electron chi connectivity index (χ1n) is 15.0. The molecule has 2 saturated heterocycles. The van der Waals surface area contributed by atoms with Crippen LogP contribution in [-0.4, -0.2) is 68.2 Å². The summed E-state index contributed by atoms with van der Waals surface area (Å²) in [5.41, 5.74) is 3.37. The molecule has 2 aliphatic heterocycles. The smallest absolute Gasteiger partial charge is 0.360 e. The average Bonchev–Trinajstić information content (AvgIpc) is 2.97. The zero-order valence-corrected chi connectivity index (χ0v) is 25.5. The van der Waals surface area contributed by atoms with Gasteiger partial charge >= 0.3 is 5.63 Å². The van der Waals surface area contributed by atoms with Crippen LogP contribution in [0.4, 0.5) is 5.69 Å². The van der Waals surface area contributed by atoms with Gasteiger partial charge in [0.05, 0.1) is 0 Å². The van der Waals surface area contributed by atoms with Gasteiger partial charge in [0.15, 0.2) is 0 Å². The number of amides is 1. The summed E-state index contributed by atoms with van der Waals surface area (Å²) in [6.45, 7) is 10.0. The number of carbonyl (C=O) groups excluding carboxylic acids is 1. The first kappa shape index (κ1) is 29.9. The second-order valence-corrected chi connectivity index (χ2v) is 12.1. The zero-order chi connectivity index (χ0) is 29.8. The number of anilines is 1. The molecule has 0 bridgehead atoms. The maximum Gasteiger partial charge on any atom is 0.360 e. The van der Waals surface area contributed by atoms with Gasteiger partial charge in [-0.1, -0.05) is 11.6 Å². The van der Waals surface area contributed by atoms with Crippen LogP contribution in [0.3, 0.4) is 0 Å². The quantitative estimate of drug-likeness (QED) is 0.269. The van der Waals surface area contributed by atoms with Crippen molar-refractivity contribution >= 4 is 22.6 Å². The number of carbonyl (C=O) groups is 1. The summed E-state index contributed by atoms with van der Waals surface area (Å²) < 4.78 is 18.4. The van der Waals surface area contributed by atoms with Crippen molar-refractivity contribution in [2.45, 2.75) is 65.1 Å². The Balaban J connectivity index is 1.33. The molecule has 2 aliphatic rings. The molecule has 3 heterocycles. The van der Waals surface area contributed by atoms with E-state index in [1.54, 1.807) is 12.1 Å². The fourth-order valence-corrected chi connectivity index (χ4v) is 5.59. The molecule has 1 aromatic heterocycles. The summed E-state index contributed by atoms with van der Waals surface area (Å²) >= 11 is 0. The van der Waals surface area contributed by atoms with Gasteiger partial charge in [-0.15, -0.1) is 0 Å². The van der Waals surface area contributed by atoms with E-state index < -0.39 is 5.63 Å². The SMILES string of the molecule is CC(C)=CCc1cc(C(=O)Nc2cc3ccc(OC4CCN(C)CC4)c(C)c3oc2=O)ccc1OC1CCN(C)CC1. The van der Waals surface area contributed by atoms with Gasteiger partial charge in [-0.25, -0.2) is 4.79 Å². The summed E-state index contributed by atoms with van der Waals surface area (Å²) in [7, 11) is 4.25. The molecule has 2 aromatic carbocycles. The Kier molecular flexibility index (Phi) is 9.34. The van der Waals surface area contributed by atoms with Crippen molar-refractivity contribution in [2.75, 3.05) is 45.6 Å². The predicted molar refractivity (Wildman–Crippen MR) is 167 cm³/mol. The molecule has 0 unspecified atom stereocenters. The number of benzene rings is 2. The predicted octanol–water partition coefficient (Wildman–Crippen LogP) is 5.81. The summed E-state index contributed by atoms with van der Waals surface area (Å²) in [5, 5.41) is 3.50. The second kappa shape index (κ2) is 13.1. The van der Waals surface area contributed by atoms with E-state index in [0.29, 0.717) is 17.6 Å². The minimum atomic E-state index is -0.595. The molecular weight excluding hydrogens is 530 g/mol. The standard InChI is InChI=1S/C34H43N3O5/c1-22(2)6-7-24-20-26(9-11-31(24)41-28-14-18-37(5)19-15-28)33(38)35-29-21-25-8-10-30(23(3)32(25)42-34(29)39)40-27-12-16-36(4)17-13-27/h6,8-11,20-21,27-28H,7,12-19H2,1-5H3,(H,35,38). The fourth-order valence-electron chi connectivity index (χ4n) is 5.59. The monoisotopic (exact) mass is 573 g/mol. The molecule has 224 valence electrons. The van der Waals surface area contributed by atoms with Crippen LogP contribution in [0, 0.1) is 6.92 Å². The summed E-state index contributed by atoms with van der Waals surface area (Å²) in [6, 6.07) is 11.0. The maximum absolute atomic E-state index is 13.3. The van der Waals surface area contributed by atoms with Crippen molar-refractivity contribution in [1.29, 1.82) is 0 Å². The minimum absolute atomic E-state index is 0.105. The second-order valence-electron chi connectivity index (χ2n) is 12.1. The third-order valence-electron chi connectivity index (χ3n) is 8.32. The number of piperidine rings is 2. The highest BCUT2D eigenvalue weighted by atomic mass is 16.5. The number of allylic oxidation sites excluding steroid dienone is 2. The van der Waals surface area contributed by atoms with Crippen LogP contribution in [0.2, 0.25) is 0 Å². The van der Waals surface area contributed by atoms with E-state index in [0.717, 1.165) is 79.9 Å². The van der Waals surface area contributed by atoms with Crippen molar-refractivity contribution in [3.05, 3.63) is 75.2 Å². The van der Waals surface area contributed by atoms with Crippen LogP contribution >= 0.6 is 0 Å². The molecule has 0 radical (unpaired) electrons. The molecule has 3 aromatic rings. The first-order chi connectivity index (χ1) is 20.2. The largest absolute Gasteiger partial charge is 0.490 e. The van der Waals surface area contributed by atoms with Gasteiger partial charge < -0.3 is 29.0 Å². The van der Waals surface area contributed by atoms with E-state index in [4.69, 9.17) is 13.9 Å². The van der Waals surface area contributed by atoms with Gasteiger partial charge in [0.2, 0.25) is 0 Å². The number of nitrogens with zero attached hydrogens (tertiary/aromatic N) is 2. The Bertz CT molecular complexity index is 1510. The van der Waals surface area contributed by atoms with Crippen molar-refractivity contribution in [1.82, 2.24) is 9.80 Å². The number of rotatable bonds is 8. The molecule has 42 heavy (non-hydrogen) atoms. The lowest BCUT2D eigenvalue weighted by atomic mass is 10.0. The van der Waals surface area contributed by atoms with Crippen molar-refractivity contribution < 1.29 is 18.7 Å². The van der Waals surface area contributed by atoms with Gasteiger partial charge in [-0.3, -0.25) is 4.79 Å². The van der Waals surface area contributed by atoms with Gasteiger partial charge in [-0.2, -0.15) is 0 Å². The Morgan fingerprint density at radius 3 is 2.14 bits per heavy atom. The van der Waals surface area contributed by atoms with Gasteiger partial charge in [-0.05, 0) is 109 Å². The lowest BCUT2D eigenvalue weighted by Crippen LogP contribution is -2.35. The number of nitrogens with one attached hydrogen (secondary N) is 1. The summed E-state index contributed by atoms with van der Waals surface area (Å²) in [5.74, 6) is 1.16. The van der Waals surface area contributed by atoms with Crippen LogP contribution in [0.15, 0.2) is 57.3 Å². The number of likely N-dealkylation sites (tertiary alicyclic amines) is 2. The summed E-state index contributed by atoms with van der Waals surface area (Å²) in [4.78, 5) is 30.9. The lowest BCUT2D eigenvalue weighted by molar-refractivity contribution is 0.102. The van der Waals surface area contributed by atoms with Gasteiger partial charge in [0.25, 0.3) is 5.91 Å². The molecule has 8 heteroatoms. The van der Waals surface area contributed by atoms with E-state index in [1.807, 2.05) is 31.2 Å². The third-order valence-corrected chi connectivity index (χ3v) is 8.32. The van der Waals surface area contributed by atoms with Crippen LogP contribution in [0.5, 0.6) is 11.5 Å². The van der Waals surface area contributed by atoms with Crippen molar-refractivity contribution in [2.24, 2.45) is 0 Å². The number of fused-ring (bicyclic) bond motifs is 1. The highest BCUT2D eigenvalue weighted by molar-refractivity contribution is 6.05. The topological polar surface area (TPSA) is 84.2 Å². The molecule has 0 saturated carbocycles. The zero-order valence-electron chi connectivity index (χ0n) is 25.5. The molecule has 1 N–H and O–H groups in total. The van der Waals surface area contributed by atoms with E-state index in [9.17, 15) is 9.59 Å². The van der Waals surface area contributed by atoms with Crippen LogP contribution in [0.1, 0.15) is 61.0 Å². The Labute approximate surface area is 248 Å². The van der Waals surface area contributed by atoms with E-state index >= 15 is 0 Å². The van der Waals surface area contributed by atoms with Crippen LogP contribution in [0.25, 0.3) is 11.0 Å². The average molecular weight is 574 g/mol. The van der Waals surface area contributed by atoms with Crippen molar-refractivity contribution in [3.8, 4) is 11.5 Å². The molecule has 0 aliphatic carbocycles. The van der Waals surface area contributed by atoms with Crippen molar-refractivity contribution in [3.63, 3.8) is 0 Å².